The summed E-state index contributed by atoms with van der Waals surface area (Å²) >= 11 is 0. The number of aliphatic carboxylic acids is 2. The van der Waals surface area contributed by atoms with Crippen molar-refractivity contribution in [2.75, 3.05) is 7.11 Å². The minimum Gasteiger partial charge on any atom is -0.481 e. The van der Waals surface area contributed by atoms with Gasteiger partial charge in [0.25, 0.3) is 11.9 Å². The van der Waals surface area contributed by atoms with Crippen LogP contribution in [0.5, 0.6) is 0 Å². The standard InChI is InChI=1S/C6H6N4.2C2H4O2.CH4O.4CH4.Cu.H2O/c1-3-9(5-7-1)10-4-2-8-6-10;2*1-2(3)4;1-2;;;;;;/h1-6H;2*1H3,(H,3,4);2H,1H3;4*1H4;;1H2. The predicted octanol–water partition coefficient (Wildman–Crippen LogP) is 1.90. The van der Waals surface area contributed by atoms with Gasteiger partial charge in [0.15, 0.2) is 0 Å². The van der Waals surface area contributed by atoms with Crippen LogP contribution >= 0.6 is 0 Å². The van der Waals surface area contributed by atoms with E-state index < -0.39 is 11.9 Å². The number of carboxylic acid groups (broad SMARTS) is 2. The maximum absolute atomic E-state index is 9.00. The SMILES string of the molecule is C.C.C.C.CC(=O)O.CC(=O)O.CO.O.[Cu].c1cn(-n2ccnc2)cn1. The Bertz CT molecular complexity index is 412. The fourth-order valence-corrected chi connectivity index (χ4v) is 0.777. The van der Waals surface area contributed by atoms with Crippen LogP contribution in [0.2, 0.25) is 0 Å². The molecule has 0 aliphatic heterocycles. The zero-order chi connectivity index (χ0) is 16.0. The molecule has 0 aromatic carbocycles. The van der Waals surface area contributed by atoms with Crippen molar-refractivity contribution in [3.63, 3.8) is 0 Å². The van der Waals surface area contributed by atoms with Gasteiger partial charge in [-0.3, -0.25) is 9.59 Å². The van der Waals surface area contributed by atoms with Crippen LogP contribution in [0.1, 0.15) is 43.6 Å². The fraction of sp³-hybridized carbons (Fsp3) is 0.467. The number of hydrogen-bond acceptors (Lipinski definition) is 5. The van der Waals surface area contributed by atoms with Gasteiger partial charge >= 0.3 is 0 Å². The molecular formula is C15H36CuN4O6. The molecule has 0 unspecified atom stereocenters. The van der Waals surface area contributed by atoms with E-state index in [9.17, 15) is 0 Å². The van der Waals surface area contributed by atoms with Crippen LogP contribution in [0.4, 0.5) is 0 Å². The molecule has 2 aromatic rings. The zero-order valence-electron chi connectivity index (χ0n) is 12.2. The van der Waals surface area contributed by atoms with Crippen molar-refractivity contribution < 1.29 is 47.5 Å². The summed E-state index contributed by atoms with van der Waals surface area (Å²) in [6.07, 6.45) is 10.6. The Kier molecular flexibility index (Phi) is 65.2. The van der Waals surface area contributed by atoms with Gasteiger partial charge in [-0.2, -0.15) is 0 Å². The van der Waals surface area contributed by atoms with E-state index >= 15 is 0 Å². The van der Waals surface area contributed by atoms with E-state index in [2.05, 4.69) is 9.97 Å². The van der Waals surface area contributed by atoms with Crippen LogP contribution < -0.4 is 0 Å². The minimum absolute atomic E-state index is 0. The maximum Gasteiger partial charge on any atom is 0.300 e. The normalized spacial score (nSPS) is 6.00. The Balaban J connectivity index is -0.0000000301. The van der Waals surface area contributed by atoms with Gasteiger partial charge in [-0.05, 0) is 0 Å². The van der Waals surface area contributed by atoms with Crippen molar-refractivity contribution in [3.05, 3.63) is 37.4 Å². The molecule has 163 valence electrons. The molecule has 0 aliphatic rings. The summed E-state index contributed by atoms with van der Waals surface area (Å²) in [7, 11) is 1.00. The summed E-state index contributed by atoms with van der Waals surface area (Å²) in [5, 5.41) is 21.8. The number of carboxylic acids is 2. The first-order valence-electron chi connectivity index (χ1n) is 5.23. The monoisotopic (exact) mass is 431 g/mol. The van der Waals surface area contributed by atoms with E-state index in [1.165, 1.54) is 0 Å². The summed E-state index contributed by atoms with van der Waals surface area (Å²) in [6, 6.07) is 0. The smallest absolute Gasteiger partial charge is 0.300 e. The van der Waals surface area contributed by atoms with Gasteiger partial charge in [0.1, 0.15) is 12.7 Å². The molecule has 0 fully saturated rings. The van der Waals surface area contributed by atoms with E-state index in [4.69, 9.17) is 24.9 Å². The number of nitrogens with zero attached hydrogens (tertiary/aromatic N) is 4. The molecule has 2 rings (SSSR count). The second kappa shape index (κ2) is 34.2. The molecule has 5 N–H and O–H groups in total. The number of aromatic nitrogens is 4. The number of carbonyl (C=O) groups is 2. The van der Waals surface area contributed by atoms with Gasteiger partial charge in [-0.1, -0.05) is 29.7 Å². The van der Waals surface area contributed by atoms with E-state index in [0.717, 1.165) is 21.0 Å². The summed E-state index contributed by atoms with van der Waals surface area (Å²) < 4.78 is 3.65. The average molecular weight is 432 g/mol. The molecule has 2 heterocycles. The third kappa shape index (κ3) is 37.8. The molecule has 0 spiro atoms. The Labute approximate surface area is 167 Å². The Morgan fingerprint density at radius 1 is 0.769 bits per heavy atom. The van der Waals surface area contributed by atoms with Crippen molar-refractivity contribution in [1.29, 1.82) is 0 Å². The zero-order valence-corrected chi connectivity index (χ0v) is 13.2. The fourth-order valence-electron chi connectivity index (χ4n) is 0.777. The van der Waals surface area contributed by atoms with Gasteiger partial charge in [0, 0.05) is 62.8 Å². The second-order valence-corrected chi connectivity index (χ2v) is 2.92. The van der Waals surface area contributed by atoms with Gasteiger partial charge in [-0.15, -0.1) is 0 Å². The van der Waals surface area contributed by atoms with Gasteiger partial charge in [-0.25, -0.2) is 19.3 Å². The number of imidazole rings is 2. The molecular weight excluding hydrogens is 396 g/mol. The Morgan fingerprint density at radius 3 is 1.08 bits per heavy atom. The van der Waals surface area contributed by atoms with E-state index in [-0.39, 0.29) is 52.3 Å². The van der Waals surface area contributed by atoms with Gasteiger partial charge in [0.2, 0.25) is 0 Å². The predicted molar refractivity (Wildman–Crippen MR) is 101 cm³/mol. The summed E-state index contributed by atoms with van der Waals surface area (Å²) in [4.78, 5) is 25.8. The van der Waals surface area contributed by atoms with Crippen LogP contribution in [0.15, 0.2) is 37.4 Å². The van der Waals surface area contributed by atoms with Crippen molar-refractivity contribution in [2.24, 2.45) is 0 Å². The van der Waals surface area contributed by atoms with Crippen LogP contribution in [-0.2, 0) is 26.7 Å². The van der Waals surface area contributed by atoms with Crippen molar-refractivity contribution in [1.82, 2.24) is 19.3 Å². The Morgan fingerprint density at radius 2 is 0.962 bits per heavy atom. The minimum atomic E-state index is -0.833. The van der Waals surface area contributed by atoms with Crippen molar-refractivity contribution in [3.8, 4) is 0 Å². The number of rotatable bonds is 1. The van der Waals surface area contributed by atoms with Gasteiger partial charge < -0.3 is 20.8 Å². The second-order valence-electron chi connectivity index (χ2n) is 2.92. The molecule has 26 heavy (non-hydrogen) atoms. The molecule has 10 nitrogen and oxygen atoms in total. The molecule has 0 saturated heterocycles. The Hall–Kier alpha value is -2.20. The topological polar surface area (TPSA) is 162 Å². The van der Waals surface area contributed by atoms with E-state index in [1.54, 1.807) is 25.0 Å². The first kappa shape index (κ1) is 49.6. The molecule has 11 heteroatoms. The first-order valence-corrected chi connectivity index (χ1v) is 5.23. The third-order valence-electron chi connectivity index (χ3n) is 1.25. The number of aliphatic hydroxyl groups is 1. The van der Waals surface area contributed by atoms with Crippen molar-refractivity contribution in [2.45, 2.75) is 43.6 Å². The molecule has 0 saturated carbocycles. The van der Waals surface area contributed by atoms with Crippen molar-refractivity contribution >= 4 is 11.9 Å². The van der Waals surface area contributed by atoms with E-state index in [0.29, 0.717) is 0 Å². The molecule has 0 aliphatic carbocycles. The van der Waals surface area contributed by atoms with Gasteiger partial charge in [0.05, 0.1) is 0 Å². The third-order valence-corrected chi connectivity index (χ3v) is 1.25. The van der Waals surface area contributed by atoms with Crippen LogP contribution in [0.25, 0.3) is 0 Å². The molecule has 0 amide bonds. The number of aliphatic hydroxyl groups excluding tert-OH is 1. The molecule has 0 bridgehead atoms. The average Bonchev–Trinajstić information content (AvgIpc) is 3.03. The quantitative estimate of drug-likeness (QED) is 0.580. The summed E-state index contributed by atoms with van der Waals surface area (Å²) in [5.41, 5.74) is 0. The van der Waals surface area contributed by atoms with Crippen LogP contribution in [0, 0.1) is 0 Å². The van der Waals surface area contributed by atoms with Crippen LogP contribution in [-0.4, -0.2) is 59.2 Å². The van der Waals surface area contributed by atoms with Crippen LogP contribution in [0.3, 0.4) is 0 Å². The maximum atomic E-state index is 9.00. The molecule has 1 radical (unpaired) electrons. The molecule has 2 aromatic heterocycles. The molecule has 0 atom stereocenters. The largest absolute Gasteiger partial charge is 0.481 e. The first-order chi connectivity index (χ1) is 9.43. The number of hydrogen-bond donors (Lipinski definition) is 3. The summed E-state index contributed by atoms with van der Waals surface area (Å²) in [6.45, 7) is 2.17. The summed E-state index contributed by atoms with van der Waals surface area (Å²) in [5.74, 6) is -1.67. The van der Waals surface area contributed by atoms with E-state index in [1.807, 2.05) is 21.7 Å².